The van der Waals surface area contributed by atoms with E-state index < -0.39 is 0 Å². The van der Waals surface area contributed by atoms with Gasteiger partial charge in [0, 0.05) is 6.54 Å². The van der Waals surface area contributed by atoms with Crippen LogP contribution in [0.15, 0.2) is 78.9 Å². The van der Waals surface area contributed by atoms with Gasteiger partial charge in [-0.3, -0.25) is 4.79 Å². The Morgan fingerprint density at radius 2 is 1.46 bits per heavy atom. The fraction of sp³-hybridized carbons (Fsp3) is 0.136. The second kappa shape index (κ2) is 7.31. The van der Waals surface area contributed by atoms with Crippen molar-refractivity contribution in [2.24, 2.45) is 0 Å². The Balaban J connectivity index is 1.53. The molecule has 1 amide bonds. The highest BCUT2D eigenvalue weighted by Gasteiger charge is 2.22. The van der Waals surface area contributed by atoms with Gasteiger partial charge in [0.2, 0.25) is 12.7 Å². The monoisotopic (exact) mass is 345 g/mol. The van der Waals surface area contributed by atoms with Gasteiger partial charge in [-0.1, -0.05) is 66.7 Å². The molecule has 3 aromatic carbocycles. The first-order valence-corrected chi connectivity index (χ1v) is 8.57. The number of benzene rings is 3. The first kappa shape index (κ1) is 16.2. The summed E-state index contributed by atoms with van der Waals surface area (Å²) in [7, 11) is 0. The molecule has 1 aliphatic heterocycles. The normalized spacial score (nSPS) is 12.2. The van der Waals surface area contributed by atoms with Crippen LogP contribution in [-0.4, -0.2) is 12.7 Å². The summed E-state index contributed by atoms with van der Waals surface area (Å²) < 4.78 is 10.7. The molecule has 4 rings (SSSR count). The van der Waals surface area contributed by atoms with Crippen molar-refractivity contribution in [3.8, 4) is 11.5 Å². The molecule has 0 fully saturated rings. The number of hydrogen-bond acceptors (Lipinski definition) is 3. The third-order valence-electron chi connectivity index (χ3n) is 4.43. The molecule has 3 aromatic rings. The summed E-state index contributed by atoms with van der Waals surface area (Å²) in [6.45, 7) is 0.681. The molecule has 0 spiro atoms. The van der Waals surface area contributed by atoms with E-state index >= 15 is 0 Å². The zero-order chi connectivity index (χ0) is 17.8. The Morgan fingerprint density at radius 1 is 0.846 bits per heavy atom. The van der Waals surface area contributed by atoms with Gasteiger partial charge in [-0.2, -0.15) is 0 Å². The molecule has 0 radical (unpaired) electrons. The van der Waals surface area contributed by atoms with Gasteiger partial charge in [0.15, 0.2) is 11.5 Å². The van der Waals surface area contributed by atoms with E-state index in [4.69, 9.17) is 9.47 Å². The molecule has 0 unspecified atom stereocenters. The Morgan fingerprint density at radius 3 is 2.12 bits per heavy atom. The molecule has 4 heteroatoms. The van der Waals surface area contributed by atoms with E-state index in [0.717, 1.165) is 28.2 Å². The Labute approximate surface area is 152 Å². The molecule has 0 aromatic heterocycles. The summed E-state index contributed by atoms with van der Waals surface area (Å²) in [5.74, 6) is 1.09. The lowest BCUT2D eigenvalue weighted by atomic mass is 9.90. The van der Waals surface area contributed by atoms with Crippen LogP contribution in [0.5, 0.6) is 11.5 Å². The minimum atomic E-state index is -0.341. The van der Waals surface area contributed by atoms with E-state index in [-0.39, 0.29) is 18.6 Å². The summed E-state index contributed by atoms with van der Waals surface area (Å²) >= 11 is 0. The zero-order valence-corrected chi connectivity index (χ0v) is 14.2. The van der Waals surface area contributed by atoms with Crippen LogP contribution in [0.1, 0.15) is 22.6 Å². The molecule has 1 heterocycles. The van der Waals surface area contributed by atoms with Crippen molar-refractivity contribution in [2.45, 2.75) is 12.5 Å². The van der Waals surface area contributed by atoms with Crippen LogP contribution >= 0.6 is 0 Å². The third kappa shape index (κ3) is 3.40. The van der Waals surface area contributed by atoms with Crippen LogP contribution in [0.25, 0.3) is 0 Å². The van der Waals surface area contributed by atoms with Gasteiger partial charge in [0.1, 0.15) is 0 Å². The highest BCUT2D eigenvalue weighted by molar-refractivity contribution is 5.87. The van der Waals surface area contributed by atoms with Gasteiger partial charge in [-0.25, -0.2) is 0 Å². The largest absolute Gasteiger partial charge is 0.454 e. The molecule has 0 atom stereocenters. The fourth-order valence-corrected chi connectivity index (χ4v) is 3.13. The van der Waals surface area contributed by atoms with E-state index in [9.17, 15) is 4.79 Å². The van der Waals surface area contributed by atoms with Gasteiger partial charge in [-0.15, -0.1) is 0 Å². The Bertz CT molecular complexity index is 854. The average Bonchev–Trinajstić information content (AvgIpc) is 3.16. The summed E-state index contributed by atoms with van der Waals surface area (Å²) in [6, 6.07) is 25.4. The van der Waals surface area contributed by atoms with Crippen LogP contribution in [0.2, 0.25) is 0 Å². The first-order valence-electron chi connectivity index (χ1n) is 8.57. The molecule has 0 saturated carbocycles. The number of amides is 1. The summed E-state index contributed by atoms with van der Waals surface area (Å²) in [6.07, 6.45) is 0. The van der Waals surface area contributed by atoms with Crippen LogP contribution < -0.4 is 14.8 Å². The van der Waals surface area contributed by atoms with Crippen LogP contribution in [0, 0.1) is 0 Å². The Hall–Kier alpha value is -3.27. The third-order valence-corrected chi connectivity index (χ3v) is 4.43. The molecular formula is C22H19NO3. The second-order valence-electron chi connectivity index (χ2n) is 6.16. The predicted octanol–water partition coefficient (Wildman–Crippen LogP) is 3.86. The predicted molar refractivity (Wildman–Crippen MR) is 99.1 cm³/mol. The molecule has 26 heavy (non-hydrogen) atoms. The highest BCUT2D eigenvalue weighted by Crippen LogP contribution is 2.32. The van der Waals surface area contributed by atoms with Crippen molar-refractivity contribution in [3.63, 3.8) is 0 Å². The van der Waals surface area contributed by atoms with Crippen LogP contribution in [-0.2, 0) is 11.3 Å². The maximum absolute atomic E-state index is 13.0. The van der Waals surface area contributed by atoms with E-state index in [1.807, 2.05) is 78.9 Å². The number of carbonyl (C=O) groups is 1. The van der Waals surface area contributed by atoms with Crippen molar-refractivity contribution in [2.75, 3.05) is 6.79 Å². The van der Waals surface area contributed by atoms with Crippen molar-refractivity contribution in [1.29, 1.82) is 0 Å². The SMILES string of the molecule is O=C(NCc1ccc2c(c1)OCO2)C(c1ccccc1)c1ccccc1. The van der Waals surface area contributed by atoms with E-state index in [1.165, 1.54) is 0 Å². The molecule has 4 nitrogen and oxygen atoms in total. The zero-order valence-electron chi connectivity index (χ0n) is 14.2. The van der Waals surface area contributed by atoms with Crippen LogP contribution in [0.3, 0.4) is 0 Å². The minimum Gasteiger partial charge on any atom is -0.454 e. The summed E-state index contributed by atoms with van der Waals surface area (Å²) in [5, 5.41) is 3.05. The van der Waals surface area contributed by atoms with Crippen molar-refractivity contribution in [1.82, 2.24) is 5.32 Å². The summed E-state index contributed by atoms with van der Waals surface area (Å²) in [4.78, 5) is 13.0. The van der Waals surface area contributed by atoms with E-state index in [0.29, 0.717) is 6.54 Å². The number of rotatable bonds is 5. The molecule has 1 N–H and O–H groups in total. The number of nitrogens with one attached hydrogen (secondary N) is 1. The molecule has 0 bridgehead atoms. The molecule has 0 aliphatic carbocycles. The Kier molecular flexibility index (Phi) is 4.56. The van der Waals surface area contributed by atoms with Crippen molar-refractivity contribution < 1.29 is 14.3 Å². The standard InChI is InChI=1S/C22H19NO3/c24-22(23-14-16-11-12-19-20(13-16)26-15-25-19)21(17-7-3-1-4-8-17)18-9-5-2-6-10-18/h1-13,21H,14-15H2,(H,23,24). The average molecular weight is 345 g/mol. The smallest absolute Gasteiger partial charge is 0.232 e. The molecule has 130 valence electrons. The van der Waals surface area contributed by atoms with Gasteiger partial charge >= 0.3 is 0 Å². The molecular weight excluding hydrogens is 326 g/mol. The minimum absolute atomic E-state index is 0.0277. The van der Waals surface area contributed by atoms with Crippen molar-refractivity contribution in [3.05, 3.63) is 95.6 Å². The van der Waals surface area contributed by atoms with Crippen LogP contribution in [0.4, 0.5) is 0 Å². The maximum Gasteiger partial charge on any atom is 0.232 e. The first-order chi connectivity index (χ1) is 12.8. The molecule has 1 aliphatic rings. The topological polar surface area (TPSA) is 47.6 Å². The number of fused-ring (bicyclic) bond motifs is 1. The van der Waals surface area contributed by atoms with Gasteiger partial charge < -0.3 is 14.8 Å². The maximum atomic E-state index is 13.0. The van der Waals surface area contributed by atoms with Gasteiger partial charge in [0.25, 0.3) is 0 Å². The van der Waals surface area contributed by atoms with Gasteiger partial charge in [-0.05, 0) is 28.8 Å². The number of ether oxygens (including phenoxy) is 2. The highest BCUT2D eigenvalue weighted by atomic mass is 16.7. The lowest BCUT2D eigenvalue weighted by molar-refractivity contribution is -0.121. The lowest BCUT2D eigenvalue weighted by Crippen LogP contribution is -2.29. The van der Waals surface area contributed by atoms with E-state index in [1.54, 1.807) is 0 Å². The van der Waals surface area contributed by atoms with Crippen molar-refractivity contribution >= 4 is 5.91 Å². The number of hydrogen-bond donors (Lipinski definition) is 1. The fourth-order valence-electron chi connectivity index (χ4n) is 3.13. The summed E-state index contributed by atoms with van der Waals surface area (Å²) in [5.41, 5.74) is 2.92. The molecule has 0 saturated heterocycles. The van der Waals surface area contributed by atoms with E-state index in [2.05, 4.69) is 5.32 Å². The number of carbonyl (C=O) groups excluding carboxylic acids is 1. The lowest BCUT2D eigenvalue weighted by Gasteiger charge is -2.18. The second-order valence-corrected chi connectivity index (χ2v) is 6.16. The quantitative estimate of drug-likeness (QED) is 0.764. The van der Waals surface area contributed by atoms with Gasteiger partial charge in [0.05, 0.1) is 5.92 Å².